The lowest BCUT2D eigenvalue weighted by atomic mass is 9.75. The molecule has 2 aliphatic rings. The van der Waals surface area contributed by atoms with Crippen LogP contribution in [0.3, 0.4) is 0 Å². The monoisotopic (exact) mass is 240 g/mol. The van der Waals surface area contributed by atoms with E-state index >= 15 is 0 Å². The molecule has 1 aliphatic heterocycles. The Balaban J connectivity index is 1.90. The second-order valence-electron chi connectivity index (χ2n) is 5.97. The summed E-state index contributed by atoms with van der Waals surface area (Å²) in [5.41, 5.74) is 5.75. The van der Waals surface area contributed by atoms with Crippen molar-refractivity contribution in [3.05, 3.63) is 0 Å². The highest BCUT2D eigenvalue weighted by Gasteiger charge is 2.38. The Labute approximate surface area is 103 Å². The van der Waals surface area contributed by atoms with Crippen molar-refractivity contribution >= 4 is 5.91 Å². The highest BCUT2D eigenvalue weighted by Crippen LogP contribution is 2.33. The summed E-state index contributed by atoms with van der Waals surface area (Å²) in [4.78, 5) is 14.1. The van der Waals surface area contributed by atoms with Crippen molar-refractivity contribution in [2.24, 2.45) is 5.73 Å². The van der Waals surface area contributed by atoms with Crippen LogP contribution < -0.4 is 5.73 Å². The zero-order chi connectivity index (χ0) is 12.5. The third-order valence-electron chi connectivity index (χ3n) is 4.36. The molecule has 17 heavy (non-hydrogen) atoms. The van der Waals surface area contributed by atoms with E-state index < -0.39 is 0 Å². The Kier molecular flexibility index (Phi) is 3.46. The van der Waals surface area contributed by atoms with Gasteiger partial charge in [-0.2, -0.15) is 0 Å². The van der Waals surface area contributed by atoms with Crippen LogP contribution in [0.25, 0.3) is 0 Å². The van der Waals surface area contributed by atoms with E-state index in [1.807, 2.05) is 4.90 Å². The first-order valence-electron chi connectivity index (χ1n) is 6.58. The molecule has 0 bridgehead atoms. The molecule has 2 rings (SSSR count). The van der Waals surface area contributed by atoms with Gasteiger partial charge in [-0.1, -0.05) is 0 Å². The highest BCUT2D eigenvalue weighted by molar-refractivity contribution is 5.77. The van der Waals surface area contributed by atoms with Crippen LogP contribution in [-0.2, 0) is 9.53 Å². The number of likely N-dealkylation sites (tertiary alicyclic amines) is 1. The van der Waals surface area contributed by atoms with Crippen molar-refractivity contribution in [1.29, 1.82) is 0 Å². The van der Waals surface area contributed by atoms with Crippen LogP contribution in [0.4, 0.5) is 0 Å². The lowest BCUT2D eigenvalue weighted by Gasteiger charge is -2.43. The van der Waals surface area contributed by atoms with Crippen LogP contribution in [0.2, 0.25) is 0 Å². The first-order valence-corrected chi connectivity index (χ1v) is 6.58. The lowest BCUT2D eigenvalue weighted by Crippen LogP contribution is -2.54. The van der Waals surface area contributed by atoms with E-state index in [1.54, 1.807) is 7.11 Å². The van der Waals surface area contributed by atoms with Gasteiger partial charge < -0.3 is 15.4 Å². The number of hydrogen-bond acceptors (Lipinski definition) is 3. The van der Waals surface area contributed by atoms with E-state index in [0.29, 0.717) is 13.0 Å². The van der Waals surface area contributed by atoms with Gasteiger partial charge in [-0.15, -0.1) is 0 Å². The summed E-state index contributed by atoms with van der Waals surface area (Å²) >= 11 is 0. The van der Waals surface area contributed by atoms with E-state index in [2.05, 4.69) is 6.92 Å². The molecule has 1 saturated heterocycles. The number of piperidine rings is 1. The van der Waals surface area contributed by atoms with E-state index in [-0.39, 0.29) is 17.0 Å². The number of methoxy groups -OCH3 is 1. The maximum Gasteiger partial charge on any atom is 0.224 e. The Bertz CT molecular complexity index is 302. The number of carbonyl (C=O) groups is 1. The smallest absolute Gasteiger partial charge is 0.224 e. The summed E-state index contributed by atoms with van der Waals surface area (Å²) < 4.78 is 5.50. The number of amides is 1. The van der Waals surface area contributed by atoms with Crippen LogP contribution >= 0.6 is 0 Å². The van der Waals surface area contributed by atoms with Crippen molar-refractivity contribution in [2.45, 2.75) is 56.6 Å². The van der Waals surface area contributed by atoms with Crippen LogP contribution in [-0.4, -0.2) is 42.1 Å². The topological polar surface area (TPSA) is 55.6 Å². The van der Waals surface area contributed by atoms with Crippen molar-refractivity contribution in [3.63, 3.8) is 0 Å². The van der Waals surface area contributed by atoms with E-state index in [4.69, 9.17) is 10.5 Å². The van der Waals surface area contributed by atoms with Crippen molar-refractivity contribution in [2.75, 3.05) is 20.2 Å². The van der Waals surface area contributed by atoms with Gasteiger partial charge in [-0.3, -0.25) is 4.79 Å². The summed E-state index contributed by atoms with van der Waals surface area (Å²) in [5, 5.41) is 0. The first-order chi connectivity index (χ1) is 7.96. The largest absolute Gasteiger partial charge is 0.377 e. The highest BCUT2D eigenvalue weighted by atomic mass is 16.5. The predicted molar refractivity (Wildman–Crippen MR) is 66.6 cm³/mol. The zero-order valence-corrected chi connectivity index (χ0v) is 11.0. The Morgan fingerprint density at radius 1 is 1.35 bits per heavy atom. The standard InChI is InChI=1S/C13H24N2O2/c1-12(17-2)5-4-8-15(10-12)11(16)9-13(14)6-3-7-13/h3-10,14H2,1-2H3. The van der Waals surface area contributed by atoms with Crippen LogP contribution in [0.5, 0.6) is 0 Å². The molecular weight excluding hydrogens is 216 g/mol. The summed E-state index contributed by atoms with van der Waals surface area (Å²) in [6.45, 7) is 3.64. The Morgan fingerprint density at radius 3 is 2.59 bits per heavy atom. The molecule has 4 heteroatoms. The minimum Gasteiger partial charge on any atom is -0.377 e. The number of carbonyl (C=O) groups excluding carboxylic acids is 1. The molecule has 2 fully saturated rings. The SMILES string of the molecule is COC1(C)CCCN(C(=O)CC2(N)CCC2)C1. The van der Waals surface area contributed by atoms with Gasteiger partial charge in [0.25, 0.3) is 0 Å². The van der Waals surface area contributed by atoms with E-state index in [9.17, 15) is 4.79 Å². The second kappa shape index (κ2) is 4.58. The molecule has 0 spiro atoms. The molecule has 1 saturated carbocycles. The van der Waals surface area contributed by atoms with Crippen molar-refractivity contribution in [1.82, 2.24) is 4.90 Å². The van der Waals surface area contributed by atoms with E-state index in [1.165, 1.54) is 6.42 Å². The minimum atomic E-state index is -0.210. The van der Waals surface area contributed by atoms with Crippen LogP contribution in [0, 0.1) is 0 Å². The number of rotatable bonds is 3. The molecule has 1 amide bonds. The van der Waals surface area contributed by atoms with Gasteiger partial charge in [-0.25, -0.2) is 0 Å². The molecule has 0 aromatic rings. The molecule has 2 N–H and O–H groups in total. The van der Waals surface area contributed by atoms with Gasteiger partial charge in [-0.05, 0) is 39.0 Å². The fourth-order valence-electron chi connectivity index (χ4n) is 2.81. The minimum absolute atomic E-state index is 0.171. The number of hydrogen-bond donors (Lipinski definition) is 1. The average Bonchev–Trinajstić information content (AvgIpc) is 2.27. The summed E-state index contributed by atoms with van der Waals surface area (Å²) in [5.74, 6) is 0.204. The van der Waals surface area contributed by atoms with Gasteiger partial charge in [0.2, 0.25) is 5.91 Å². The molecule has 1 unspecified atom stereocenters. The average molecular weight is 240 g/mol. The number of nitrogens with zero attached hydrogens (tertiary/aromatic N) is 1. The molecule has 0 aromatic carbocycles. The number of nitrogens with two attached hydrogens (primary N) is 1. The van der Waals surface area contributed by atoms with Crippen LogP contribution in [0.15, 0.2) is 0 Å². The molecule has 4 nitrogen and oxygen atoms in total. The molecule has 98 valence electrons. The fourth-order valence-corrected chi connectivity index (χ4v) is 2.81. The molecular formula is C13H24N2O2. The van der Waals surface area contributed by atoms with Gasteiger partial charge in [0.1, 0.15) is 0 Å². The predicted octanol–water partition coefficient (Wildman–Crippen LogP) is 1.29. The first kappa shape index (κ1) is 12.8. The zero-order valence-electron chi connectivity index (χ0n) is 11.0. The van der Waals surface area contributed by atoms with Crippen molar-refractivity contribution < 1.29 is 9.53 Å². The third kappa shape index (κ3) is 2.80. The Hall–Kier alpha value is -0.610. The molecule has 1 atom stereocenters. The molecule has 1 aliphatic carbocycles. The normalized spacial score (nSPS) is 32.1. The lowest BCUT2D eigenvalue weighted by molar-refractivity contribution is -0.141. The second-order valence-corrected chi connectivity index (χ2v) is 5.97. The van der Waals surface area contributed by atoms with Crippen LogP contribution in [0.1, 0.15) is 45.4 Å². The van der Waals surface area contributed by atoms with Gasteiger partial charge in [0.15, 0.2) is 0 Å². The van der Waals surface area contributed by atoms with Crippen molar-refractivity contribution in [3.8, 4) is 0 Å². The molecule has 1 heterocycles. The quantitative estimate of drug-likeness (QED) is 0.808. The van der Waals surface area contributed by atoms with Gasteiger partial charge in [0.05, 0.1) is 5.60 Å². The van der Waals surface area contributed by atoms with Gasteiger partial charge >= 0.3 is 0 Å². The number of ether oxygens (including phenoxy) is 1. The third-order valence-corrected chi connectivity index (χ3v) is 4.36. The maximum absolute atomic E-state index is 12.2. The van der Waals surface area contributed by atoms with E-state index in [0.717, 1.165) is 32.2 Å². The Morgan fingerprint density at radius 2 is 2.06 bits per heavy atom. The summed E-state index contributed by atoms with van der Waals surface area (Å²) in [6, 6.07) is 0. The molecule has 0 radical (unpaired) electrons. The summed E-state index contributed by atoms with van der Waals surface area (Å²) in [6.07, 6.45) is 5.71. The summed E-state index contributed by atoms with van der Waals surface area (Å²) in [7, 11) is 1.73. The fraction of sp³-hybridized carbons (Fsp3) is 0.923. The molecule has 0 aromatic heterocycles. The van der Waals surface area contributed by atoms with Gasteiger partial charge in [0, 0.05) is 32.2 Å². The maximum atomic E-state index is 12.2.